The molecule has 0 saturated carbocycles. The van der Waals surface area contributed by atoms with Gasteiger partial charge in [-0.15, -0.1) is 10.2 Å². The number of aryl methyl sites for hydroxylation is 2. The summed E-state index contributed by atoms with van der Waals surface area (Å²) in [6, 6.07) is 15.0. The number of aromatic nitrogens is 2. The summed E-state index contributed by atoms with van der Waals surface area (Å²) in [5.74, 6) is 1.89. The predicted octanol–water partition coefficient (Wildman–Crippen LogP) is 3.29. The molecular formula is C24H28N4O4S. The summed E-state index contributed by atoms with van der Waals surface area (Å²) in [7, 11) is -0.536. The van der Waals surface area contributed by atoms with Crippen molar-refractivity contribution in [1.82, 2.24) is 14.5 Å². The summed E-state index contributed by atoms with van der Waals surface area (Å²) in [6.45, 7) is 5.63. The average Bonchev–Trinajstić information content (AvgIpc) is 2.85. The van der Waals surface area contributed by atoms with E-state index in [9.17, 15) is 8.42 Å². The summed E-state index contributed by atoms with van der Waals surface area (Å²) in [5.41, 5.74) is 3.63. The molecular weight excluding hydrogens is 440 g/mol. The Bertz CT molecular complexity index is 1220. The SMILES string of the molecule is COc1ccc(-c2ccc(N3CCN(S(=O)(=O)c4cc(C)c(C)cc4OC)CC3)nn2)cc1. The van der Waals surface area contributed by atoms with Crippen molar-refractivity contribution < 1.29 is 17.9 Å². The van der Waals surface area contributed by atoms with E-state index in [2.05, 4.69) is 15.1 Å². The van der Waals surface area contributed by atoms with Crippen molar-refractivity contribution in [3.8, 4) is 22.8 Å². The van der Waals surface area contributed by atoms with Crippen molar-refractivity contribution in [1.29, 1.82) is 0 Å². The molecule has 8 nitrogen and oxygen atoms in total. The van der Waals surface area contributed by atoms with Crippen LogP contribution in [0.5, 0.6) is 11.5 Å². The van der Waals surface area contributed by atoms with Gasteiger partial charge in [0.15, 0.2) is 5.82 Å². The van der Waals surface area contributed by atoms with Crippen LogP contribution in [-0.4, -0.2) is 63.3 Å². The molecule has 2 heterocycles. The lowest BCUT2D eigenvalue weighted by molar-refractivity contribution is 0.373. The Morgan fingerprint density at radius 3 is 2.06 bits per heavy atom. The molecule has 1 aliphatic heterocycles. The van der Waals surface area contributed by atoms with Crippen LogP contribution in [0.4, 0.5) is 5.82 Å². The molecule has 1 aromatic heterocycles. The topological polar surface area (TPSA) is 84.9 Å². The number of hydrogen-bond donors (Lipinski definition) is 0. The smallest absolute Gasteiger partial charge is 0.246 e. The molecule has 0 radical (unpaired) electrons. The van der Waals surface area contributed by atoms with Gasteiger partial charge in [0.2, 0.25) is 10.0 Å². The van der Waals surface area contributed by atoms with Gasteiger partial charge in [0, 0.05) is 31.7 Å². The van der Waals surface area contributed by atoms with Crippen molar-refractivity contribution in [2.45, 2.75) is 18.7 Å². The minimum atomic E-state index is -3.66. The van der Waals surface area contributed by atoms with Crippen molar-refractivity contribution in [3.05, 3.63) is 59.7 Å². The van der Waals surface area contributed by atoms with Crippen LogP contribution in [0, 0.1) is 13.8 Å². The second-order valence-corrected chi connectivity index (χ2v) is 9.89. The van der Waals surface area contributed by atoms with Crippen LogP contribution < -0.4 is 14.4 Å². The molecule has 2 aromatic carbocycles. The molecule has 1 aliphatic rings. The van der Waals surface area contributed by atoms with Gasteiger partial charge in [-0.1, -0.05) is 0 Å². The summed E-state index contributed by atoms with van der Waals surface area (Å²) in [6.07, 6.45) is 0. The van der Waals surface area contributed by atoms with Gasteiger partial charge in [0.1, 0.15) is 16.4 Å². The fraction of sp³-hybridized carbons (Fsp3) is 0.333. The number of hydrogen-bond acceptors (Lipinski definition) is 7. The van der Waals surface area contributed by atoms with E-state index in [1.54, 1.807) is 19.2 Å². The Morgan fingerprint density at radius 1 is 0.818 bits per heavy atom. The maximum Gasteiger partial charge on any atom is 0.246 e. The fourth-order valence-electron chi connectivity index (χ4n) is 3.83. The monoisotopic (exact) mass is 468 g/mol. The molecule has 174 valence electrons. The Hall–Kier alpha value is -3.17. The largest absolute Gasteiger partial charge is 0.497 e. The molecule has 4 rings (SSSR count). The lowest BCUT2D eigenvalue weighted by Crippen LogP contribution is -2.49. The van der Waals surface area contributed by atoms with E-state index in [4.69, 9.17) is 9.47 Å². The number of ether oxygens (including phenoxy) is 2. The molecule has 0 aliphatic carbocycles. The molecule has 33 heavy (non-hydrogen) atoms. The van der Waals surface area contributed by atoms with Gasteiger partial charge in [-0.2, -0.15) is 4.31 Å². The summed E-state index contributed by atoms with van der Waals surface area (Å²) >= 11 is 0. The van der Waals surface area contributed by atoms with Crippen LogP contribution in [0.2, 0.25) is 0 Å². The first-order chi connectivity index (χ1) is 15.8. The fourth-order valence-corrected chi connectivity index (χ4v) is 5.47. The zero-order valence-corrected chi connectivity index (χ0v) is 20.1. The highest BCUT2D eigenvalue weighted by Gasteiger charge is 2.31. The van der Waals surface area contributed by atoms with E-state index in [1.807, 2.05) is 50.2 Å². The Kier molecular flexibility index (Phi) is 6.53. The number of sulfonamides is 1. The van der Waals surface area contributed by atoms with Gasteiger partial charge < -0.3 is 14.4 Å². The molecule has 0 unspecified atom stereocenters. The number of methoxy groups -OCH3 is 2. The van der Waals surface area contributed by atoms with E-state index in [0.717, 1.165) is 34.0 Å². The van der Waals surface area contributed by atoms with Crippen LogP contribution in [0.15, 0.2) is 53.4 Å². The third kappa shape index (κ3) is 4.65. The third-order valence-electron chi connectivity index (χ3n) is 6.00. The standard InChI is InChI=1S/C24H28N4O4S/c1-17-15-22(32-4)23(16-18(17)2)33(29,30)28-13-11-27(12-14-28)24-10-9-21(25-26-24)19-5-7-20(31-3)8-6-19/h5-10,15-16H,11-14H2,1-4H3. The van der Waals surface area contributed by atoms with Gasteiger partial charge in [-0.25, -0.2) is 8.42 Å². The molecule has 1 fully saturated rings. The van der Waals surface area contributed by atoms with E-state index in [0.29, 0.717) is 31.9 Å². The summed E-state index contributed by atoms with van der Waals surface area (Å²) in [5, 5.41) is 8.73. The van der Waals surface area contributed by atoms with E-state index < -0.39 is 10.0 Å². The molecule has 0 bridgehead atoms. The maximum absolute atomic E-state index is 13.3. The van der Waals surface area contributed by atoms with Gasteiger partial charge in [0.25, 0.3) is 0 Å². The van der Waals surface area contributed by atoms with Gasteiger partial charge in [-0.3, -0.25) is 0 Å². The molecule has 0 atom stereocenters. The second kappa shape index (κ2) is 9.36. The molecule has 1 saturated heterocycles. The van der Waals surface area contributed by atoms with Crippen LogP contribution in [-0.2, 0) is 10.0 Å². The Labute approximate surface area is 194 Å². The maximum atomic E-state index is 13.3. The van der Waals surface area contributed by atoms with Crippen LogP contribution in [0.25, 0.3) is 11.3 Å². The minimum Gasteiger partial charge on any atom is -0.497 e. The zero-order valence-electron chi connectivity index (χ0n) is 19.3. The number of rotatable bonds is 6. The van der Waals surface area contributed by atoms with Crippen molar-refractivity contribution in [3.63, 3.8) is 0 Å². The Morgan fingerprint density at radius 2 is 1.48 bits per heavy atom. The normalized spacial score (nSPS) is 14.8. The highest BCUT2D eigenvalue weighted by molar-refractivity contribution is 7.89. The first-order valence-corrected chi connectivity index (χ1v) is 12.2. The number of benzene rings is 2. The molecule has 9 heteroatoms. The highest BCUT2D eigenvalue weighted by atomic mass is 32.2. The first kappa shape index (κ1) is 23.0. The Balaban J connectivity index is 1.46. The van der Waals surface area contributed by atoms with Gasteiger partial charge in [0.05, 0.1) is 19.9 Å². The molecule has 0 amide bonds. The van der Waals surface area contributed by atoms with Crippen molar-refractivity contribution in [2.24, 2.45) is 0 Å². The highest BCUT2D eigenvalue weighted by Crippen LogP contribution is 2.31. The number of nitrogens with zero attached hydrogens (tertiary/aromatic N) is 4. The lowest BCUT2D eigenvalue weighted by Gasteiger charge is -2.34. The van der Waals surface area contributed by atoms with E-state index >= 15 is 0 Å². The number of piperazine rings is 1. The van der Waals surface area contributed by atoms with Gasteiger partial charge in [-0.05, 0) is 73.5 Å². The summed E-state index contributed by atoms with van der Waals surface area (Å²) in [4.78, 5) is 2.26. The van der Waals surface area contributed by atoms with Crippen LogP contribution in [0.1, 0.15) is 11.1 Å². The van der Waals surface area contributed by atoms with Gasteiger partial charge >= 0.3 is 0 Å². The first-order valence-electron chi connectivity index (χ1n) is 10.7. The minimum absolute atomic E-state index is 0.213. The zero-order chi connectivity index (χ0) is 23.6. The molecule has 0 N–H and O–H groups in total. The van der Waals surface area contributed by atoms with Crippen LogP contribution >= 0.6 is 0 Å². The van der Waals surface area contributed by atoms with Crippen molar-refractivity contribution in [2.75, 3.05) is 45.3 Å². The van der Waals surface area contributed by atoms with Crippen molar-refractivity contribution >= 4 is 15.8 Å². The summed E-state index contributed by atoms with van der Waals surface area (Å²) < 4.78 is 38.7. The second-order valence-electron chi connectivity index (χ2n) is 7.98. The molecule has 3 aromatic rings. The third-order valence-corrected chi connectivity index (χ3v) is 7.92. The predicted molar refractivity (Wildman–Crippen MR) is 127 cm³/mol. The van der Waals surface area contributed by atoms with E-state index in [-0.39, 0.29) is 4.90 Å². The van der Waals surface area contributed by atoms with Crippen LogP contribution in [0.3, 0.4) is 0 Å². The molecule has 0 spiro atoms. The quantitative estimate of drug-likeness (QED) is 0.549. The average molecular weight is 469 g/mol. The number of anilines is 1. The lowest BCUT2D eigenvalue weighted by atomic mass is 10.1. The van der Waals surface area contributed by atoms with E-state index in [1.165, 1.54) is 11.4 Å².